The molecule has 1 aromatic rings. The maximum absolute atomic E-state index is 2.45. The van der Waals surface area contributed by atoms with Crippen LogP contribution in [-0.2, 0) is 13.1 Å². The molecule has 2 heteroatoms. The summed E-state index contributed by atoms with van der Waals surface area (Å²) < 4.78 is 4.88. The van der Waals surface area contributed by atoms with E-state index in [4.69, 9.17) is 0 Å². The maximum atomic E-state index is 2.45. The fourth-order valence-corrected chi connectivity index (χ4v) is 3.32. The van der Waals surface area contributed by atoms with Gasteiger partial charge in [-0.3, -0.25) is 0 Å². The van der Waals surface area contributed by atoms with Crippen LogP contribution in [0.3, 0.4) is 0 Å². The van der Waals surface area contributed by atoms with Gasteiger partial charge in [0, 0.05) is 6.92 Å². The van der Waals surface area contributed by atoms with Gasteiger partial charge in [0.2, 0.25) is 0 Å². The summed E-state index contributed by atoms with van der Waals surface area (Å²) in [7, 11) is 0. The lowest BCUT2D eigenvalue weighted by molar-refractivity contribution is -0.702. The summed E-state index contributed by atoms with van der Waals surface area (Å²) in [4.78, 5) is 0. The van der Waals surface area contributed by atoms with Gasteiger partial charge in [0.1, 0.15) is 12.4 Å². The van der Waals surface area contributed by atoms with Gasteiger partial charge in [-0.2, -0.15) is 0 Å². The van der Waals surface area contributed by atoms with Gasteiger partial charge in [0.25, 0.3) is 5.82 Å². The number of aryl methyl sites for hydroxylation is 2. The Morgan fingerprint density at radius 2 is 1.26 bits per heavy atom. The van der Waals surface area contributed by atoms with E-state index < -0.39 is 0 Å². The van der Waals surface area contributed by atoms with E-state index in [9.17, 15) is 0 Å². The Hall–Kier alpha value is -0.790. The highest BCUT2D eigenvalue weighted by Gasteiger charge is 2.11. The molecule has 0 spiro atoms. The Balaban J connectivity index is 2.07. The molecule has 1 rings (SSSR count). The molecule has 0 aliphatic carbocycles. The van der Waals surface area contributed by atoms with Gasteiger partial charge in [-0.05, 0) is 25.7 Å². The van der Waals surface area contributed by atoms with E-state index in [1.54, 1.807) is 0 Å². The van der Waals surface area contributed by atoms with E-state index in [-0.39, 0.29) is 0 Å². The summed E-state index contributed by atoms with van der Waals surface area (Å²) in [5, 5.41) is 0. The third kappa shape index (κ3) is 9.17. The molecule has 0 aliphatic rings. The number of rotatable bonds is 15. The van der Waals surface area contributed by atoms with Crippen LogP contribution in [0.25, 0.3) is 0 Å². The molecular weight excluding hydrogens is 280 g/mol. The maximum Gasteiger partial charge on any atom is 0.253 e. The van der Waals surface area contributed by atoms with Gasteiger partial charge in [-0.15, -0.1) is 0 Å². The Labute approximate surface area is 145 Å². The van der Waals surface area contributed by atoms with Gasteiger partial charge in [0.05, 0.1) is 13.1 Å². The number of unbranched alkanes of at least 4 members (excludes halogenated alkanes) is 11. The highest BCUT2D eigenvalue weighted by Crippen LogP contribution is 2.10. The molecule has 0 unspecified atom stereocenters. The second-order valence-corrected chi connectivity index (χ2v) is 7.12. The highest BCUT2D eigenvalue weighted by molar-refractivity contribution is 4.79. The molecule has 0 amide bonds. The van der Waals surface area contributed by atoms with Gasteiger partial charge in [0.15, 0.2) is 0 Å². The largest absolute Gasteiger partial charge is 0.253 e. The summed E-state index contributed by atoms with van der Waals surface area (Å²) in [5.41, 5.74) is 0. The molecule has 0 N–H and O–H groups in total. The molecule has 134 valence electrons. The quantitative estimate of drug-likeness (QED) is 0.269. The van der Waals surface area contributed by atoms with Crippen molar-refractivity contribution in [3.05, 3.63) is 18.2 Å². The zero-order chi connectivity index (χ0) is 16.8. The van der Waals surface area contributed by atoms with Crippen LogP contribution < -0.4 is 4.57 Å². The lowest BCUT2D eigenvalue weighted by Gasteiger charge is -2.03. The summed E-state index contributed by atoms with van der Waals surface area (Å²) in [6, 6.07) is 0. The first-order valence-corrected chi connectivity index (χ1v) is 10.3. The van der Waals surface area contributed by atoms with Crippen molar-refractivity contribution in [2.45, 2.75) is 117 Å². The van der Waals surface area contributed by atoms with Crippen LogP contribution in [-0.4, -0.2) is 4.57 Å². The summed E-state index contributed by atoms with van der Waals surface area (Å²) in [6.45, 7) is 9.23. The first kappa shape index (κ1) is 20.3. The van der Waals surface area contributed by atoms with Crippen LogP contribution in [0.1, 0.15) is 103 Å². The SMILES string of the molecule is CCCCCCCCCCC[n+]1ccn(CCCCCC)c1C. The van der Waals surface area contributed by atoms with Crippen molar-refractivity contribution in [3.63, 3.8) is 0 Å². The predicted octanol–water partition coefficient (Wildman–Crippen LogP) is 6.20. The van der Waals surface area contributed by atoms with Crippen LogP contribution in [0.5, 0.6) is 0 Å². The van der Waals surface area contributed by atoms with Crippen LogP contribution in [0, 0.1) is 6.92 Å². The van der Waals surface area contributed by atoms with Crippen molar-refractivity contribution in [2.24, 2.45) is 0 Å². The summed E-state index contributed by atoms with van der Waals surface area (Å²) in [5.74, 6) is 1.43. The smallest absolute Gasteiger partial charge is 0.234 e. The molecule has 1 aromatic heterocycles. The fourth-order valence-electron chi connectivity index (χ4n) is 3.32. The Bertz CT molecular complexity index is 381. The minimum atomic E-state index is 1.19. The third-order valence-corrected chi connectivity index (χ3v) is 5.01. The molecule has 0 atom stereocenters. The molecule has 2 nitrogen and oxygen atoms in total. The normalized spacial score (nSPS) is 11.3. The van der Waals surface area contributed by atoms with E-state index in [0.717, 1.165) is 0 Å². The van der Waals surface area contributed by atoms with Crippen molar-refractivity contribution in [3.8, 4) is 0 Å². The number of imidazole rings is 1. The van der Waals surface area contributed by atoms with Gasteiger partial charge in [-0.1, -0.05) is 71.6 Å². The molecule has 0 aromatic carbocycles. The topological polar surface area (TPSA) is 8.81 Å². The van der Waals surface area contributed by atoms with Crippen LogP contribution in [0.4, 0.5) is 0 Å². The monoisotopic (exact) mass is 321 g/mol. The van der Waals surface area contributed by atoms with E-state index in [2.05, 4.69) is 42.3 Å². The van der Waals surface area contributed by atoms with Gasteiger partial charge < -0.3 is 0 Å². The lowest BCUT2D eigenvalue weighted by atomic mass is 10.1. The molecule has 0 saturated heterocycles. The predicted molar refractivity (Wildman–Crippen MR) is 101 cm³/mol. The van der Waals surface area contributed by atoms with Crippen molar-refractivity contribution in [2.75, 3.05) is 0 Å². The average molecular weight is 322 g/mol. The number of aromatic nitrogens is 2. The fraction of sp³-hybridized carbons (Fsp3) is 0.857. The number of nitrogens with zero attached hydrogens (tertiary/aromatic N) is 2. The van der Waals surface area contributed by atoms with Crippen LogP contribution in [0.15, 0.2) is 12.4 Å². The van der Waals surface area contributed by atoms with Crippen molar-refractivity contribution in [1.29, 1.82) is 0 Å². The third-order valence-electron chi connectivity index (χ3n) is 5.01. The van der Waals surface area contributed by atoms with Gasteiger partial charge >= 0.3 is 0 Å². The van der Waals surface area contributed by atoms with Crippen LogP contribution >= 0.6 is 0 Å². The Morgan fingerprint density at radius 3 is 1.87 bits per heavy atom. The van der Waals surface area contributed by atoms with Crippen molar-refractivity contribution in [1.82, 2.24) is 4.57 Å². The highest BCUT2D eigenvalue weighted by atomic mass is 15.1. The van der Waals surface area contributed by atoms with E-state index in [1.807, 2.05) is 0 Å². The molecule has 0 aliphatic heterocycles. The first-order chi connectivity index (χ1) is 11.3. The molecule has 0 fully saturated rings. The molecule has 1 heterocycles. The van der Waals surface area contributed by atoms with E-state index in [1.165, 1.54) is 102 Å². The lowest BCUT2D eigenvalue weighted by Crippen LogP contribution is -2.35. The Morgan fingerprint density at radius 1 is 0.739 bits per heavy atom. The molecule has 0 bridgehead atoms. The molecular formula is C21H41N2+. The van der Waals surface area contributed by atoms with E-state index in [0.29, 0.717) is 0 Å². The molecule has 0 saturated carbocycles. The van der Waals surface area contributed by atoms with Crippen LogP contribution in [0.2, 0.25) is 0 Å². The molecule has 23 heavy (non-hydrogen) atoms. The summed E-state index contributed by atoms with van der Waals surface area (Å²) >= 11 is 0. The standard InChI is InChI=1S/C21H41N2/c1-4-6-8-10-11-12-13-14-16-18-23-20-19-22(21(23)3)17-15-9-7-5-2/h19-20H,4-18H2,1-3H3/q+1. The first-order valence-electron chi connectivity index (χ1n) is 10.3. The zero-order valence-corrected chi connectivity index (χ0v) is 16.2. The van der Waals surface area contributed by atoms with E-state index >= 15 is 0 Å². The average Bonchev–Trinajstić information content (AvgIpc) is 2.90. The second-order valence-electron chi connectivity index (χ2n) is 7.12. The number of hydrogen-bond donors (Lipinski definition) is 0. The second kappa shape index (κ2) is 13.6. The minimum absolute atomic E-state index is 1.19. The van der Waals surface area contributed by atoms with Gasteiger partial charge in [-0.25, -0.2) is 9.13 Å². The van der Waals surface area contributed by atoms with Crippen molar-refractivity contribution < 1.29 is 4.57 Å². The zero-order valence-electron chi connectivity index (χ0n) is 16.2. The Kier molecular flexibility index (Phi) is 12.0. The minimum Gasteiger partial charge on any atom is -0.234 e. The van der Waals surface area contributed by atoms with Crippen molar-refractivity contribution >= 4 is 0 Å². The summed E-state index contributed by atoms with van der Waals surface area (Å²) in [6.07, 6.45) is 22.6. The number of hydrogen-bond acceptors (Lipinski definition) is 0. The molecule has 0 radical (unpaired) electrons.